The van der Waals surface area contributed by atoms with E-state index in [0.29, 0.717) is 17.3 Å². The molecule has 1 aliphatic heterocycles. The molecule has 1 aromatic carbocycles. The number of methoxy groups -OCH3 is 3. The maximum atomic E-state index is 12.2. The van der Waals surface area contributed by atoms with Crippen LogP contribution in [-0.2, 0) is 30.2 Å². The second-order valence-electron chi connectivity index (χ2n) is 8.97. The molecule has 2 heterocycles. The molecule has 9 nitrogen and oxygen atoms in total. The molecule has 1 atom stereocenters. The Labute approximate surface area is 199 Å². The second-order valence-corrected chi connectivity index (χ2v) is 8.97. The predicted octanol–water partition coefficient (Wildman–Crippen LogP) is 3.93. The van der Waals surface area contributed by atoms with Crippen LogP contribution in [0.2, 0.25) is 0 Å². The smallest absolute Gasteiger partial charge is 0.466 e. The fraction of sp³-hybridized carbons (Fsp3) is 0.500. The van der Waals surface area contributed by atoms with E-state index in [0.717, 1.165) is 5.56 Å². The molecule has 1 saturated heterocycles. The Balaban J connectivity index is 1.82. The minimum Gasteiger partial charge on any atom is -0.493 e. The summed E-state index contributed by atoms with van der Waals surface area (Å²) in [5.41, 5.74) is -0.324. The molecule has 184 valence electrons. The van der Waals surface area contributed by atoms with E-state index in [1.165, 1.54) is 27.4 Å². The first-order valence-corrected chi connectivity index (χ1v) is 10.9. The number of carbonyl (C=O) groups is 2. The van der Waals surface area contributed by atoms with E-state index in [1.807, 2.05) is 33.8 Å². The van der Waals surface area contributed by atoms with Crippen molar-refractivity contribution >= 4 is 19.1 Å². The highest BCUT2D eigenvalue weighted by Crippen LogP contribution is 2.43. The zero-order valence-electron chi connectivity index (χ0n) is 20.6. The molecule has 3 rings (SSSR count). The lowest BCUT2D eigenvalue weighted by atomic mass is 9.66. The van der Waals surface area contributed by atoms with E-state index in [2.05, 4.69) is 4.74 Å². The maximum absolute atomic E-state index is 12.2. The van der Waals surface area contributed by atoms with Gasteiger partial charge >= 0.3 is 19.1 Å². The molecule has 0 amide bonds. The summed E-state index contributed by atoms with van der Waals surface area (Å²) in [5.74, 6) is 0.107. The molecule has 1 unspecified atom stereocenters. The van der Waals surface area contributed by atoms with Gasteiger partial charge in [0.15, 0.2) is 11.5 Å². The van der Waals surface area contributed by atoms with Crippen molar-refractivity contribution < 1.29 is 42.3 Å². The Morgan fingerprint density at radius 1 is 0.941 bits per heavy atom. The van der Waals surface area contributed by atoms with Gasteiger partial charge in [-0.1, -0.05) is 6.07 Å². The molecule has 1 aromatic heterocycles. The zero-order chi connectivity index (χ0) is 25.1. The molecule has 0 N–H and O–H groups in total. The fourth-order valence-electron chi connectivity index (χ4n) is 3.54. The first-order chi connectivity index (χ1) is 16.0. The normalized spacial score (nSPS) is 17.2. The molecule has 1 fully saturated rings. The van der Waals surface area contributed by atoms with Crippen molar-refractivity contribution in [3.05, 3.63) is 47.4 Å². The number of benzene rings is 1. The highest BCUT2D eigenvalue weighted by molar-refractivity contribution is 6.48. The number of furan rings is 1. The van der Waals surface area contributed by atoms with Crippen LogP contribution in [0.3, 0.4) is 0 Å². The standard InChI is InChI=1S/C24H31BO9/c1-23(2)24(3,4)34-25(33-23)17(13-21(26)29-6)15-8-10-18(20(12-15)28-5)31-14-16-9-11-19(32-16)22(27)30-7/h8-12,17H,13-14H2,1-7H3. The lowest BCUT2D eigenvalue weighted by Gasteiger charge is -2.32. The number of carbonyl (C=O) groups excluding carboxylic acids is 2. The molecule has 34 heavy (non-hydrogen) atoms. The molecule has 10 heteroatoms. The maximum Gasteiger partial charge on any atom is 0.466 e. The average molecular weight is 474 g/mol. The van der Waals surface area contributed by atoms with Crippen molar-refractivity contribution in [2.24, 2.45) is 0 Å². The van der Waals surface area contributed by atoms with Gasteiger partial charge < -0.3 is 32.7 Å². The third-order valence-electron chi connectivity index (χ3n) is 6.25. The van der Waals surface area contributed by atoms with Gasteiger partial charge in [0.2, 0.25) is 5.76 Å². The summed E-state index contributed by atoms with van der Waals surface area (Å²) in [6.07, 6.45) is 0.0688. The van der Waals surface area contributed by atoms with Gasteiger partial charge in [0.05, 0.1) is 39.0 Å². The third kappa shape index (κ3) is 5.39. The van der Waals surface area contributed by atoms with E-state index < -0.39 is 30.1 Å². The molecular formula is C24H31BO9. The Morgan fingerprint density at radius 3 is 2.21 bits per heavy atom. The average Bonchev–Trinajstić information content (AvgIpc) is 3.36. The van der Waals surface area contributed by atoms with Crippen LogP contribution in [-0.4, -0.2) is 51.6 Å². The summed E-state index contributed by atoms with van der Waals surface area (Å²) in [5, 5.41) is 0. The summed E-state index contributed by atoms with van der Waals surface area (Å²) in [7, 11) is 3.50. The van der Waals surface area contributed by atoms with Gasteiger partial charge in [0, 0.05) is 5.82 Å². The van der Waals surface area contributed by atoms with Crippen molar-refractivity contribution in [1.29, 1.82) is 0 Å². The van der Waals surface area contributed by atoms with Crippen molar-refractivity contribution in [1.82, 2.24) is 0 Å². The second kappa shape index (κ2) is 10.1. The number of rotatable bonds is 9. The van der Waals surface area contributed by atoms with E-state index >= 15 is 0 Å². The highest BCUT2D eigenvalue weighted by atomic mass is 16.7. The first kappa shape index (κ1) is 25.6. The summed E-state index contributed by atoms with van der Waals surface area (Å²) >= 11 is 0. The number of hydrogen-bond donors (Lipinski definition) is 0. The van der Waals surface area contributed by atoms with E-state index in [-0.39, 0.29) is 24.8 Å². The third-order valence-corrected chi connectivity index (χ3v) is 6.25. The van der Waals surface area contributed by atoms with Crippen molar-refractivity contribution in [3.8, 4) is 11.5 Å². The largest absolute Gasteiger partial charge is 0.493 e. The van der Waals surface area contributed by atoms with Crippen molar-refractivity contribution in [2.45, 2.75) is 57.7 Å². The summed E-state index contributed by atoms with van der Waals surface area (Å²) in [4.78, 5) is 23.8. The van der Waals surface area contributed by atoms with Crippen LogP contribution in [0.5, 0.6) is 11.5 Å². The fourth-order valence-corrected chi connectivity index (χ4v) is 3.54. The quantitative estimate of drug-likeness (QED) is 0.395. The molecule has 0 aliphatic carbocycles. The van der Waals surface area contributed by atoms with Crippen LogP contribution in [0.25, 0.3) is 0 Å². The first-order valence-electron chi connectivity index (χ1n) is 10.9. The van der Waals surface area contributed by atoms with Gasteiger partial charge in [-0.05, 0) is 57.5 Å². The molecule has 1 aliphatic rings. The number of ether oxygens (including phenoxy) is 4. The van der Waals surface area contributed by atoms with Gasteiger partial charge in [-0.25, -0.2) is 4.79 Å². The van der Waals surface area contributed by atoms with Crippen LogP contribution in [0.4, 0.5) is 0 Å². The topological polar surface area (TPSA) is 103 Å². The van der Waals surface area contributed by atoms with Crippen LogP contribution < -0.4 is 9.47 Å². The van der Waals surface area contributed by atoms with Gasteiger partial charge in [-0.15, -0.1) is 0 Å². The Morgan fingerprint density at radius 2 is 1.62 bits per heavy atom. The summed E-state index contributed by atoms with van der Waals surface area (Å²) in [6.45, 7) is 7.91. The lowest BCUT2D eigenvalue weighted by Crippen LogP contribution is -2.41. The minimum atomic E-state index is -0.652. The van der Waals surface area contributed by atoms with Crippen molar-refractivity contribution in [3.63, 3.8) is 0 Å². The Kier molecular flexibility index (Phi) is 7.62. The zero-order valence-corrected chi connectivity index (χ0v) is 20.6. The number of hydrogen-bond acceptors (Lipinski definition) is 9. The molecule has 2 aromatic rings. The molecule has 0 radical (unpaired) electrons. The number of esters is 2. The van der Waals surface area contributed by atoms with E-state index in [1.54, 1.807) is 18.2 Å². The van der Waals surface area contributed by atoms with Gasteiger partial charge in [-0.3, -0.25) is 4.79 Å². The van der Waals surface area contributed by atoms with Gasteiger partial charge in [0.1, 0.15) is 12.4 Å². The van der Waals surface area contributed by atoms with Gasteiger partial charge in [0.25, 0.3) is 0 Å². The van der Waals surface area contributed by atoms with Gasteiger partial charge in [-0.2, -0.15) is 0 Å². The van der Waals surface area contributed by atoms with E-state index in [9.17, 15) is 9.59 Å². The van der Waals surface area contributed by atoms with E-state index in [4.69, 9.17) is 27.9 Å². The Hall–Kier alpha value is -2.98. The van der Waals surface area contributed by atoms with Crippen molar-refractivity contribution in [2.75, 3.05) is 21.3 Å². The van der Waals surface area contributed by atoms with Crippen LogP contribution in [0, 0.1) is 0 Å². The lowest BCUT2D eigenvalue weighted by molar-refractivity contribution is -0.140. The molecule has 0 spiro atoms. The summed E-state index contributed by atoms with van der Waals surface area (Å²) in [6, 6.07) is 8.52. The monoisotopic (exact) mass is 474 g/mol. The van der Waals surface area contributed by atoms with Crippen LogP contribution in [0.1, 0.15) is 61.8 Å². The van der Waals surface area contributed by atoms with Crippen LogP contribution >= 0.6 is 0 Å². The predicted molar refractivity (Wildman–Crippen MR) is 123 cm³/mol. The highest BCUT2D eigenvalue weighted by Gasteiger charge is 2.54. The molecule has 0 saturated carbocycles. The molecule has 0 bridgehead atoms. The SMILES string of the molecule is COC(=O)CC(B1OC(C)(C)C(C)(C)O1)c1ccc(OCc2ccc(C(=O)OC)o2)c(OC)c1. The summed E-state index contributed by atoms with van der Waals surface area (Å²) < 4.78 is 38.8. The van der Waals surface area contributed by atoms with Crippen LogP contribution in [0.15, 0.2) is 34.7 Å². The molecular weight excluding hydrogens is 443 g/mol. The minimum absolute atomic E-state index is 0.0688. The Bertz CT molecular complexity index is 1010.